The van der Waals surface area contributed by atoms with E-state index in [1.54, 1.807) is 12.1 Å². The first kappa shape index (κ1) is 19.2. The lowest BCUT2D eigenvalue weighted by Gasteiger charge is -2.22. The number of ether oxygens (including phenoxy) is 2. The number of carbonyl (C=O) groups is 1. The zero-order valence-corrected chi connectivity index (χ0v) is 14.4. The zero-order chi connectivity index (χ0) is 16.8. The quantitative estimate of drug-likeness (QED) is 0.854. The molecule has 25 heavy (non-hydrogen) atoms. The summed E-state index contributed by atoms with van der Waals surface area (Å²) in [5.74, 6) is 0.854. The fourth-order valence-corrected chi connectivity index (χ4v) is 2.36. The van der Waals surface area contributed by atoms with Crippen LogP contribution in [0.4, 0.5) is 4.39 Å². The Morgan fingerprint density at radius 2 is 1.80 bits per heavy atom. The lowest BCUT2D eigenvalue weighted by Crippen LogP contribution is -2.51. The van der Waals surface area contributed by atoms with Crippen LogP contribution in [0.1, 0.15) is 5.56 Å². The number of halogens is 2. The van der Waals surface area contributed by atoms with Gasteiger partial charge < -0.3 is 20.1 Å². The minimum atomic E-state index is -0.300. The molecule has 1 heterocycles. The van der Waals surface area contributed by atoms with E-state index in [0.29, 0.717) is 37.8 Å². The molecule has 1 unspecified atom stereocenters. The van der Waals surface area contributed by atoms with Gasteiger partial charge in [0.2, 0.25) is 5.91 Å². The Balaban J connectivity index is 0.00000225. The molecule has 5 nitrogen and oxygen atoms in total. The van der Waals surface area contributed by atoms with Crippen molar-refractivity contribution in [2.75, 3.05) is 19.8 Å². The highest BCUT2D eigenvalue weighted by molar-refractivity contribution is 5.85. The molecule has 134 valence electrons. The third-order valence-corrected chi connectivity index (χ3v) is 3.68. The molecule has 0 saturated carbocycles. The first-order valence-corrected chi connectivity index (χ1v) is 7.82. The molecular formula is C18H20ClFN2O3. The third-order valence-electron chi connectivity index (χ3n) is 3.68. The van der Waals surface area contributed by atoms with Gasteiger partial charge in [-0.05, 0) is 42.0 Å². The maximum absolute atomic E-state index is 12.9. The molecular weight excluding hydrogens is 347 g/mol. The van der Waals surface area contributed by atoms with E-state index in [4.69, 9.17) is 9.47 Å². The van der Waals surface area contributed by atoms with Crippen molar-refractivity contribution >= 4 is 18.3 Å². The van der Waals surface area contributed by atoms with Gasteiger partial charge in [0.15, 0.2) is 0 Å². The van der Waals surface area contributed by atoms with Crippen LogP contribution in [0.3, 0.4) is 0 Å². The summed E-state index contributed by atoms with van der Waals surface area (Å²) in [6.07, 6.45) is 0. The molecule has 1 saturated heterocycles. The third kappa shape index (κ3) is 5.70. The average Bonchev–Trinajstić information content (AvgIpc) is 2.63. The number of nitrogens with one attached hydrogen (secondary N) is 2. The van der Waals surface area contributed by atoms with Gasteiger partial charge >= 0.3 is 0 Å². The summed E-state index contributed by atoms with van der Waals surface area (Å²) in [5.41, 5.74) is 0.964. The number of morpholine rings is 1. The summed E-state index contributed by atoms with van der Waals surface area (Å²) < 4.78 is 23.8. The van der Waals surface area contributed by atoms with Crippen molar-refractivity contribution in [3.63, 3.8) is 0 Å². The SMILES string of the molecule is Cl.O=C(NCc1ccc(Oc2ccc(F)cc2)cc1)C1COCCN1. The molecule has 1 aliphatic rings. The van der Waals surface area contributed by atoms with Crippen molar-refractivity contribution in [1.82, 2.24) is 10.6 Å². The van der Waals surface area contributed by atoms with Crippen LogP contribution >= 0.6 is 12.4 Å². The van der Waals surface area contributed by atoms with Gasteiger partial charge in [-0.3, -0.25) is 4.79 Å². The molecule has 0 aliphatic carbocycles. The number of benzene rings is 2. The molecule has 2 N–H and O–H groups in total. The molecule has 3 rings (SSSR count). The largest absolute Gasteiger partial charge is 0.457 e. The van der Waals surface area contributed by atoms with Crippen molar-refractivity contribution in [2.24, 2.45) is 0 Å². The Hall–Kier alpha value is -2.15. The smallest absolute Gasteiger partial charge is 0.239 e. The molecule has 1 amide bonds. The Morgan fingerprint density at radius 3 is 2.40 bits per heavy atom. The minimum absolute atomic E-state index is 0. The van der Waals surface area contributed by atoms with Crippen molar-refractivity contribution in [3.05, 3.63) is 59.9 Å². The van der Waals surface area contributed by atoms with E-state index in [9.17, 15) is 9.18 Å². The van der Waals surface area contributed by atoms with E-state index in [1.807, 2.05) is 24.3 Å². The number of amides is 1. The standard InChI is InChI=1S/C18H19FN2O3.ClH/c19-14-3-7-16(8-4-14)24-15-5-1-13(2-6-15)11-21-18(22)17-12-23-10-9-20-17;/h1-8,17,20H,9-12H2,(H,21,22);1H. The number of rotatable bonds is 5. The highest BCUT2D eigenvalue weighted by Gasteiger charge is 2.20. The van der Waals surface area contributed by atoms with Gasteiger partial charge in [0.25, 0.3) is 0 Å². The fraction of sp³-hybridized carbons (Fsp3) is 0.278. The predicted molar refractivity (Wildman–Crippen MR) is 94.6 cm³/mol. The molecule has 0 radical (unpaired) electrons. The highest BCUT2D eigenvalue weighted by atomic mass is 35.5. The van der Waals surface area contributed by atoms with E-state index >= 15 is 0 Å². The zero-order valence-electron chi connectivity index (χ0n) is 13.5. The van der Waals surface area contributed by atoms with Gasteiger partial charge in [0.1, 0.15) is 23.4 Å². The van der Waals surface area contributed by atoms with Gasteiger partial charge in [-0.25, -0.2) is 4.39 Å². The molecule has 7 heteroatoms. The second kappa shape index (κ2) is 9.36. The topological polar surface area (TPSA) is 59.6 Å². The Labute approximate surface area is 151 Å². The summed E-state index contributed by atoms with van der Waals surface area (Å²) in [6, 6.07) is 12.9. The normalized spacial score (nSPS) is 16.6. The molecule has 2 aromatic rings. The van der Waals surface area contributed by atoms with Gasteiger partial charge in [-0.15, -0.1) is 12.4 Å². The van der Waals surface area contributed by atoms with Crippen molar-refractivity contribution in [3.8, 4) is 11.5 Å². The molecule has 0 bridgehead atoms. The van der Waals surface area contributed by atoms with Gasteiger partial charge in [-0.2, -0.15) is 0 Å². The maximum atomic E-state index is 12.9. The summed E-state index contributed by atoms with van der Waals surface area (Å²) in [6.45, 7) is 2.16. The van der Waals surface area contributed by atoms with Crippen LogP contribution in [0, 0.1) is 5.82 Å². The van der Waals surface area contributed by atoms with Crippen LogP contribution in [0.25, 0.3) is 0 Å². The lowest BCUT2D eigenvalue weighted by molar-refractivity contribution is -0.126. The Bertz CT molecular complexity index is 674. The summed E-state index contributed by atoms with van der Waals surface area (Å²) in [4.78, 5) is 12.0. The number of carbonyl (C=O) groups excluding carboxylic acids is 1. The summed E-state index contributed by atoms with van der Waals surface area (Å²) >= 11 is 0. The van der Waals surface area contributed by atoms with E-state index in [1.165, 1.54) is 12.1 Å². The molecule has 2 aromatic carbocycles. The summed E-state index contributed by atoms with van der Waals surface area (Å²) in [5, 5.41) is 5.99. The predicted octanol–water partition coefficient (Wildman–Crippen LogP) is 2.64. The van der Waals surface area contributed by atoms with E-state index < -0.39 is 0 Å². The highest BCUT2D eigenvalue weighted by Crippen LogP contribution is 2.21. The van der Waals surface area contributed by atoms with Crippen molar-refractivity contribution < 1.29 is 18.7 Å². The minimum Gasteiger partial charge on any atom is -0.457 e. The molecule has 1 fully saturated rings. The number of hydrogen-bond acceptors (Lipinski definition) is 4. The van der Waals surface area contributed by atoms with Crippen molar-refractivity contribution in [1.29, 1.82) is 0 Å². The molecule has 0 aromatic heterocycles. The fourth-order valence-electron chi connectivity index (χ4n) is 2.36. The van der Waals surface area contributed by atoms with Crippen LogP contribution in [-0.2, 0) is 16.1 Å². The van der Waals surface area contributed by atoms with Crippen molar-refractivity contribution in [2.45, 2.75) is 12.6 Å². The van der Waals surface area contributed by atoms with E-state index in [2.05, 4.69) is 10.6 Å². The molecule has 1 aliphatic heterocycles. The first-order chi connectivity index (χ1) is 11.7. The molecule has 0 spiro atoms. The Morgan fingerprint density at radius 1 is 1.16 bits per heavy atom. The van der Waals surface area contributed by atoms with Gasteiger partial charge in [0.05, 0.1) is 13.2 Å². The maximum Gasteiger partial charge on any atom is 0.239 e. The van der Waals surface area contributed by atoms with Crippen LogP contribution in [0.15, 0.2) is 48.5 Å². The van der Waals surface area contributed by atoms with Crippen LogP contribution < -0.4 is 15.4 Å². The van der Waals surface area contributed by atoms with Crippen LogP contribution in [0.2, 0.25) is 0 Å². The van der Waals surface area contributed by atoms with Gasteiger partial charge in [-0.1, -0.05) is 12.1 Å². The van der Waals surface area contributed by atoms with Crippen LogP contribution in [-0.4, -0.2) is 31.7 Å². The Kier molecular flexibility index (Phi) is 7.18. The monoisotopic (exact) mass is 366 g/mol. The summed E-state index contributed by atoms with van der Waals surface area (Å²) in [7, 11) is 0. The molecule has 1 atom stereocenters. The first-order valence-electron chi connectivity index (χ1n) is 7.82. The average molecular weight is 367 g/mol. The van der Waals surface area contributed by atoms with E-state index in [-0.39, 0.29) is 30.2 Å². The lowest BCUT2D eigenvalue weighted by atomic mass is 10.2. The van der Waals surface area contributed by atoms with Gasteiger partial charge in [0, 0.05) is 13.1 Å². The van der Waals surface area contributed by atoms with E-state index in [0.717, 1.165) is 5.56 Å². The van der Waals surface area contributed by atoms with Crippen LogP contribution in [0.5, 0.6) is 11.5 Å². The second-order valence-corrected chi connectivity index (χ2v) is 5.50. The number of hydrogen-bond donors (Lipinski definition) is 2. The second-order valence-electron chi connectivity index (χ2n) is 5.50.